The fourth-order valence-corrected chi connectivity index (χ4v) is 2.51. The largest absolute Gasteiger partial charge is 0.493 e. The maximum Gasteiger partial charge on any atom is 0.178 e. The predicted octanol–water partition coefficient (Wildman–Crippen LogP) is 2.46. The molecule has 1 aromatic rings. The summed E-state index contributed by atoms with van der Waals surface area (Å²) in [4.78, 5) is 14.5. The molecule has 116 valence electrons. The summed E-state index contributed by atoms with van der Waals surface area (Å²) in [5.41, 5.74) is 0.576. The summed E-state index contributed by atoms with van der Waals surface area (Å²) in [6.07, 6.45) is 0. The minimum Gasteiger partial charge on any atom is -0.493 e. The first-order chi connectivity index (χ1) is 10.1. The lowest BCUT2D eigenvalue weighted by Crippen LogP contribution is -2.45. The smallest absolute Gasteiger partial charge is 0.178 e. The molecule has 0 saturated carbocycles. The number of piperazine rings is 1. The molecular weight excluding hydrogens is 288 g/mol. The van der Waals surface area contributed by atoms with E-state index in [0.717, 1.165) is 26.2 Å². The van der Waals surface area contributed by atoms with E-state index >= 15 is 0 Å². The van der Waals surface area contributed by atoms with Crippen LogP contribution in [-0.2, 0) is 0 Å². The Labute approximate surface area is 131 Å². The Bertz CT molecular complexity index is 485. The number of Topliss-reactive ketones (excluding diaryl/α,β-unsaturated/α-hetero) is 1. The quantitative estimate of drug-likeness (QED) is 0.820. The molecule has 0 bridgehead atoms. The lowest BCUT2D eigenvalue weighted by Gasteiger charge is -2.26. The molecular formula is C16H23ClN2O2. The number of benzene rings is 1. The van der Waals surface area contributed by atoms with Gasteiger partial charge in [-0.2, -0.15) is 0 Å². The molecule has 1 aromatic carbocycles. The first-order valence-electron chi connectivity index (χ1n) is 7.45. The van der Waals surface area contributed by atoms with E-state index in [9.17, 15) is 4.79 Å². The van der Waals surface area contributed by atoms with Gasteiger partial charge in [-0.3, -0.25) is 9.69 Å². The number of carbonyl (C=O) groups excluding carboxylic acids is 1. The third-order valence-corrected chi connectivity index (χ3v) is 3.71. The van der Waals surface area contributed by atoms with Crippen LogP contribution in [-0.4, -0.2) is 50.0 Å². The van der Waals surface area contributed by atoms with E-state index in [2.05, 4.69) is 24.1 Å². The van der Waals surface area contributed by atoms with Gasteiger partial charge in [-0.1, -0.05) is 25.4 Å². The maximum absolute atomic E-state index is 12.3. The molecule has 1 saturated heterocycles. The van der Waals surface area contributed by atoms with Crippen molar-refractivity contribution >= 4 is 17.4 Å². The average Bonchev–Trinajstić information content (AvgIpc) is 2.46. The van der Waals surface area contributed by atoms with E-state index in [1.807, 2.05) is 6.07 Å². The van der Waals surface area contributed by atoms with Gasteiger partial charge < -0.3 is 10.1 Å². The van der Waals surface area contributed by atoms with Gasteiger partial charge in [-0.25, -0.2) is 0 Å². The molecule has 1 N–H and O–H groups in total. The Kier molecular flexibility index (Phi) is 6.03. The SMILES string of the molecule is CC(C)COc1ccc(C(=O)CN2CCNCC2)c(Cl)c1. The van der Waals surface area contributed by atoms with Gasteiger partial charge >= 0.3 is 0 Å². The van der Waals surface area contributed by atoms with Gasteiger partial charge in [0.25, 0.3) is 0 Å². The van der Waals surface area contributed by atoms with Crippen LogP contribution in [0.2, 0.25) is 5.02 Å². The molecule has 0 spiro atoms. The van der Waals surface area contributed by atoms with Crippen molar-refractivity contribution in [2.24, 2.45) is 5.92 Å². The van der Waals surface area contributed by atoms with E-state index in [0.29, 0.717) is 35.4 Å². The first-order valence-corrected chi connectivity index (χ1v) is 7.82. The zero-order chi connectivity index (χ0) is 15.2. The number of carbonyl (C=O) groups is 1. The number of halogens is 1. The van der Waals surface area contributed by atoms with Crippen molar-refractivity contribution in [1.82, 2.24) is 10.2 Å². The van der Waals surface area contributed by atoms with Gasteiger partial charge in [0.15, 0.2) is 5.78 Å². The number of ether oxygens (including phenoxy) is 1. The van der Waals surface area contributed by atoms with Crippen LogP contribution in [0.15, 0.2) is 18.2 Å². The van der Waals surface area contributed by atoms with Crippen LogP contribution in [0.3, 0.4) is 0 Å². The Balaban J connectivity index is 1.97. The van der Waals surface area contributed by atoms with Gasteiger partial charge in [0.05, 0.1) is 18.2 Å². The van der Waals surface area contributed by atoms with Crippen molar-refractivity contribution < 1.29 is 9.53 Å². The molecule has 2 rings (SSSR count). The van der Waals surface area contributed by atoms with Crippen molar-refractivity contribution in [1.29, 1.82) is 0 Å². The van der Waals surface area contributed by atoms with Crippen LogP contribution in [0.5, 0.6) is 5.75 Å². The van der Waals surface area contributed by atoms with E-state index < -0.39 is 0 Å². The summed E-state index contributed by atoms with van der Waals surface area (Å²) in [5, 5.41) is 3.74. The predicted molar refractivity (Wildman–Crippen MR) is 85.4 cm³/mol. The number of nitrogens with one attached hydrogen (secondary N) is 1. The van der Waals surface area contributed by atoms with Gasteiger partial charge in [-0.15, -0.1) is 0 Å². The number of hydrogen-bond acceptors (Lipinski definition) is 4. The van der Waals surface area contributed by atoms with E-state index in [1.54, 1.807) is 12.1 Å². The molecule has 1 aliphatic heterocycles. The molecule has 5 heteroatoms. The number of nitrogens with zero attached hydrogens (tertiary/aromatic N) is 1. The molecule has 0 aliphatic carbocycles. The van der Waals surface area contributed by atoms with Crippen LogP contribution in [0, 0.1) is 5.92 Å². The van der Waals surface area contributed by atoms with Crippen molar-refractivity contribution in [2.45, 2.75) is 13.8 Å². The molecule has 21 heavy (non-hydrogen) atoms. The second-order valence-corrected chi connectivity index (χ2v) is 6.20. The summed E-state index contributed by atoms with van der Waals surface area (Å²) in [6, 6.07) is 5.32. The van der Waals surface area contributed by atoms with Gasteiger partial charge in [-0.05, 0) is 24.1 Å². The lowest BCUT2D eigenvalue weighted by molar-refractivity contribution is 0.0921. The van der Waals surface area contributed by atoms with E-state index in [4.69, 9.17) is 16.3 Å². The molecule has 1 fully saturated rings. The average molecular weight is 311 g/mol. The molecule has 0 radical (unpaired) electrons. The molecule has 0 unspecified atom stereocenters. The van der Waals surface area contributed by atoms with Crippen molar-refractivity contribution in [2.75, 3.05) is 39.3 Å². The second kappa shape index (κ2) is 7.78. The lowest BCUT2D eigenvalue weighted by atomic mass is 10.1. The third kappa shape index (κ3) is 4.99. The highest BCUT2D eigenvalue weighted by Gasteiger charge is 2.17. The van der Waals surface area contributed by atoms with Crippen LogP contribution < -0.4 is 10.1 Å². The summed E-state index contributed by atoms with van der Waals surface area (Å²) in [7, 11) is 0. The van der Waals surface area contributed by atoms with Crippen LogP contribution in [0.1, 0.15) is 24.2 Å². The Morgan fingerprint density at radius 1 is 1.38 bits per heavy atom. The first kappa shape index (κ1) is 16.3. The highest BCUT2D eigenvalue weighted by atomic mass is 35.5. The second-order valence-electron chi connectivity index (χ2n) is 5.80. The van der Waals surface area contributed by atoms with E-state index in [-0.39, 0.29) is 5.78 Å². The number of rotatable bonds is 6. The summed E-state index contributed by atoms with van der Waals surface area (Å²) in [5.74, 6) is 1.24. The Hall–Kier alpha value is -1.10. The maximum atomic E-state index is 12.3. The molecule has 0 atom stereocenters. The van der Waals surface area contributed by atoms with Crippen LogP contribution >= 0.6 is 11.6 Å². The Morgan fingerprint density at radius 3 is 2.71 bits per heavy atom. The molecule has 0 aromatic heterocycles. The molecule has 1 heterocycles. The zero-order valence-corrected chi connectivity index (χ0v) is 13.4. The fourth-order valence-electron chi connectivity index (χ4n) is 2.23. The normalized spacial score (nSPS) is 16.2. The van der Waals surface area contributed by atoms with Gasteiger partial charge in [0.2, 0.25) is 0 Å². The third-order valence-electron chi connectivity index (χ3n) is 3.40. The van der Waals surface area contributed by atoms with Crippen molar-refractivity contribution in [3.05, 3.63) is 28.8 Å². The number of ketones is 1. The number of hydrogen-bond donors (Lipinski definition) is 1. The van der Waals surface area contributed by atoms with Crippen LogP contribution in [0.4, 0.5) is 0 Å². The summed E-state index contributed by atoms with van der Waals surface area (Å²) >= 11 is 6.23. The summed E-state index contributed by atoms with van der Waals surface area (Å²) in [6.45, 7) is 8.92. The van der Waals surface area contributed by atoms with Crippen molar-refractivity contribution in [3.63, 3.8) is 0 Å². The minimum atomic E-state index is 0.0670. The van der Waals surface area contributed by atoms with Crippen LogP contribution in [0.25, 0.3) is 0 Å². The van der Waals surface area contributed by atoms with Crippen molar-refractivity contribution in [3.8, 4) is 5.75 Å². The molecule has 0 amide bonds. The minimum absolute atomic E-state index is 0.0670. The van der Waals surface area contributed by atoms with Gasteiger partial charge in [0, 0.05) is 31.7 Å². The molecule has 4 nitrogen and oxygen atoms in total. The Morgan fingerprint density at radius 2 is 2.10 bits per heavy atom. The monoisotopic (exact) mass is 310 g/mol. The van der Waals surface area contributed by atoms with E-state index in [1.165, 1.54) is 0 Å². The fraction of sp³-hybridized carbons (Fsp3) is 0.562. The zero-order valence-electron chi connectivity index (χ0n) is 12.7. The standard InChI is InChI=1S/C16H23ClN2O2/c1-12(2)11-21-13-3-4-14(15(17)9-13)16(20)10-19-7-5-18-6-8-19/h3-4,9,12,18H,5-8,10-11H2,1-2H3. The highest BCUT2D eigenvalue weighted by Crippen LogP contribution is 2.23. The van der Waals surface area contributed by atoms with Gasteiger partial charge in [0.1, 0.15) is 5.75 Å². The highest BCUT2D eigenvalue weighted by molar-refractivity contribution is 6.34. The molecule has 1 aliphatic rings. The summed E-state index contributed by atoms with van der Waals surface area (Å²) < 4.78 is 5.62. The topological polar surface area (TPSA) is 41.6 Å².